The third-order valence-corrected chi connectivity index (χ3v) is 5.56. The number of benzene rings is 1. The highest BCUT2D eigenvalue weighted by Gasteiger charge is 2.19. The van der Waals surface area contributed by atoms with Gasteiger partial charge in [-0.15, -0.1) is 24.0 Å². The van der Waals surface area contributed by atoms with Crippen molar-refractivity contribution >= 4 is 35.6 Å². The van der Waals surface area contributed by atoms with Gasteiger partial charge in [-0.1, -0.05) is 24.3 Å². The van der Waals surface area contributed by atoms with E-state index in [0.717, 1.165) is 64.7 Å². The second-order valence-electron chi connectivity index (χ2n) is 8.15. The van der Waals surface area contributed by atoms with E-state index >= 15 is 0 Å². The van der Waals surface area contributed by atoms with Crippen LogP contribution < -0.4 is 15.5 Å². The summed E-state index contributed by atoms with van der Waals surface area (Å²) >= 11 is 0. The molecule has 2 heterocycles. The van der Waals surface area contributed by atoms with Crippen molar-refractivity contribution < 1.29 is 4.74 Å². The molecule has 1 aromatic rings. The maximum absolute atomic E-state index is 5.68. The fourth-order valence-electron chi connectivity index (χ4n) is 3.84. The zero-order valence-corrected chi connectivity index (χ0v) is 21.0. The number of rotatable bonds is 8. The van der Waals surface area contributed by atoms with E-state index in [1.54, 1.807) is 0 Å². The number of ether oxygens (including phenoxy) is 1. The Balaban J connectivity index is 0.00000320. The molecule has 7 heteroatoms. The minimum absolute atomic E-state index is 0. The minimum Gasteiger partial charge on any atom is -0.377 e. The summed E-state index contributed by atoms with van der Waals surface area (Å²) in [6.45, 7) is 11.0. The predicted molar refractivity (Wildman–Crippen MR) is 137 cm³/mol. The van der Waals surface area contributed by atoms with E-state index in [9.17, 15) is 0 Å². The zero-order chi connectivity index (χ0) is 20.5. The quantitative estimate of drug-likeness (QED) is 0.236. The molecular formula is C23H38IN5O. The molecule has 168 valence electrons. The highest BCUT2D eigenvalue weighted by atomic mass is 127. The van der Waals surface area contributed by atoms with Gasteiger partial charge in [-0.05, 0) is 44.4 Å². The van der Waals surface area contributed by atoms with Crippen LogP contribution in [0.2, 0.25) is 0 Å². The van der Waals surface area contributed by atoms with Crippen molar-refractivity contribution in [3.63, 3.8) is 0 Å². The van der Waals surface area contributed by atoms with Crippen molar-refractivity contribution in [2.75, 3.05) is 51.3 Å². The first kappa shape index (κ1) is 24.9. The molecule has 1 aromatic carbocycles. The second kappa shape index (κ2) is 13.2. The van der Waals surface area contributed by atoms with Crippen molar-refractivity contribution in [3.05, 3.63) is 42.0 Å². The molecule has 3 rings (SSSR count). The van der Waals surface area contributed by atoms with Gasteiger partial charge in [0.1, 0.15) is 0 Å². The largest absolute Gasteiger partial charge is 0.377 e. The molecule has 2 aliphatic rings. The molecule has 0 radical (unpaired) electrons. The van der Waals surface area contributed by atoms with Gasteiger partial charge >= 0.3 is 0 Å². The first-order valence-electron chi connectivity index (χ1n) is 10.9. The van der Waals surface area contributed by atoms with Crippen LogP contribution in [0.1, 0.15) is 32.3 Å². The highest BCUT2D eigenvalue weighted by molar-refractivity contribution is 14.0. The molecular weight excluding hydrogens is 489 g/mol. The van der Waals surface area contributed by atoms with E-state index in [4.69, 9.17) is 4.74 Å². The number of halogens is 1. The molecule has 0 aliphatic carbocycles. The molecule has 0 bridgehead atoms. The Morgan fingerprint density at radius 1 is 1.20 bits per heavy atom. The summed E-state index contributed by atoms with van der Waals surface area (Å²) < 4.78 is 5.68. The molecule has 1 saturated heterocycles. The number of likely N-dealkylation sites (tertiary alicyclic amines) is 1. The molecule has 1 fully saturated rings. The Labute approximate surface area is 199 Å². The zero-order valence-electron chi connectivity index (χ0n) is 18.6. The van der Waals surface area contributed by atoms with Crippen molar-refractivity contribution in [2.24, 2.45) is 4.99 Å². The summed E-state index contributed by atoms with van der Waals surface area (Å²) in [5.41, 5.74) is 2.56. The van der Waals surface area contributed by atoms with Gasteiger partial charge in [0.15, 0.2) is 5.96 Å². The fourth-order valence-corrected chi connectivity index (χ4v) is 3.84. The van der Waals surface area contributed by atoms with Crippen molar-refractivity contribution in [2.45, 2.75) is 45.4 Å². The molecule has 0 aromatic heterocycles. The third-order valence-electron chi connectivity index (χ3n) is 5.56. The summed E-state index contributed by atoms with van der Waals surface area (Å²) in [6.07, 6.45) is 7.04. The highest BCUT2D eigenvalue weighted by Crippen LogP contribution is 2.18. The van der Waals surface area contributed by atoms with Crippen LogP contribution in [-0.2, 0) is 11.3 Å². The number of nitrogens with one attached hydrogen (secondary N) is 2. The monoisotopic (exact) mass is 527 g/mol. The smallest absolute Gasteiger partial charge is 0.191 e. The SMILES string of the molecule is CN=C(NCc1cccc(N2CC=CC2)c1)NC1CCN(CCOC(C)C)CC1.I. The lowest BCUT2D eigenvalue weighted by Crippen LogP contribution is -2.49. The number of piperidine rings is 1. The van der Waals surface area contributed by atoms with Gasteiger partial charge in [0, 0.05) is 58.0 Å². The number of nitrogens with zero attached hydrogens (tertiary/aromatic N) is 3. The first-order valence-corrected chi connectivity index (χ1v) is 10.9. The van der Waals surface area contributed by atoms with Crippen LogP contribution in [0.25, 0.3) is 0 Å². The van der Waals surface area contributed by atoms with Gasteiger partial charge < -0.3 is 25.2 Å². The average Bonchev–Trinajstić information content (AvgIpc) is 3.27. The van der Waals surface area contributed by atoms with Gasteiger partial charge in [-0.2, -0.15) is 0 Å². The molecule has 0 unspecified atom stereocenters. The maximum Gasteiger partial charge on any atom is 0.191 e. The fraction of sp³-hybridized carbons (Fsp3) is 0.609. The van der Waals surface area contributed by atoms with Gasteiger partial charge in [0.25, 0.3) is 0 Å². The Kier molecular flexibility index (Phi) is 11.0. The maximum atomic E-state index is 5.68. The summed E-state index contributed by atoms with van der Waals surface area (Å²) in [5, 5.41) is 7.08. The van der Waals surface area contributed by atoms with Crippen LogP contribution in [0.15, 0.2) is 41.4 Å². The minimum atomic E-state index is 0. The van der Waals surface area contributed by atoms with E-state index in [-0.39, 0.29) is 24.0 Å². The van der Waals surface area contributed by atoms with Crippen molar-refractivity contribution in [3.8, 4) is 0 Å². The van der Waals surface area contributed by atoms with Gasteiger partial charge in [-0.25, -0.2) is 0 Å². The molecule has 0 saturated carbocycles. The normalized spacial score (nSPS) is 18.0. The van der Waals surface area contributed by atoms with Crippen LogP contribution in [0.3, 0.4) is 0 Å². The first-order chi connectivity index (χ1) is 14.1. The Hall–Kier alpha value is -1.32. The molecule has 0 atom stereocenters. The second-order valence-corrected chi connectivity index (χ2v) is 8.15. The van der Waals surface area contributed by atoms with Crippen LogP contribution in [-0.4, -0.2) is 69.4 Å². The molecule has 30 heavy (non-hydrogen) atoms. The average molecular weight is 527 g/mol. The van der Waals surface area contributed by atoms with Crippen LogP contribution in [0.4, 0.5) is 5.69 Å². The van der Waals surface area contributed by atoms with Crippen LogP contribution in [0.5, 0.6) is 0 Å². The van der Waals surface area contributed by atoms with E-state index in [1.165, 1.54) is 11.3 Å². The molecule has 0 spiro atoms. The van der Waals surface area contributed by atoms with Crippen molar-refractivity contribution in [1.82, 2.24) is 15.5 Å². The molecule has 6 nitrogen and oxygen atoms in total. The lowest BCUT2D eigenvalue weighted by molar-refractivity contribution is 0.0532. The van der Waals surface area contributed by atoms with E-state index in [0.29, 0.717) is 12.1 Å². The summed E-state index contributed by atoms with van der Waals surface area (Å²) in [4.78, 5) is 9.29. The standard InChI is InChI=1S/C23H37N5O.HI/c1-19(2)29-16-15-27-13-9-21(10-14-27)26-23(24-3)25-18-20-7-6-8-22(17-20)28-11-4-5-12-28;/h4-8,17,19,21H,9-16,18H2,1-3H3,(H2,24,25,26);1H. The molecule has 2 N–H and O–H groups in total. The van der Waals surface area contributed by atoms with Crippen LogP contribution in [0, 0.1) is 0 Å². The summed E-state index contributed by atoms with van der Waals surface area (Å²) in [5.74, 6) is 0.889. The number of hydrogen-bond donors (Lipinski definition) is 2. The molecule has 2 aliphatic heterocycles. The van der Waals surface area contributed by atoms with Gasteiger partial charge in [0.2, 0.25) is 0 Å². The summed E-state index contributed by atoms with van der Waals surface area (Å²) in [6, 6.07) is 9.24. The van der Waals surface area contributed by atoms with Crippen LogP contribution >= 0.6 is 24.0 Å². The van der Waals surface area contributed by atoms with Gasteiger partial charge in [0.05, 0.1) is 12.7 Å². The number of guanidine groups is 1. The predicted octanol–water partition coefficient (Wildman–Crippen LogP) is 3.24. The number of hydrogen-bond acceptors (Lipinski definition) is 4. The van der Waals surface area contributed by atoms with E-state index in [1.807, 2.05) is 7.05 Å². The lowest BCUT2D eigenvalue weighted by atomic mass is 10.1. The Morgan fingerprint density at radius 3 is 2.60 bits per heavy atom. The third kappa shape index (κ3) is 8.07. The lowest BCUT2D eigenvalue weighted by Gasteiger charge is -2.33. The Bertz CT molecular complexity index is 678. The van der Waals surface area contributed by atoms with Gasteiger partial charge in [-0.3, -0.25) is 4.99 Å². The topological polar surface area (TPSA) is 52.1 Å². The van der Waals surface area contributed by atoms with Crippen molar-refractivity contribution in [1.29, 1.82) is 0 Å². The molecule has 0 amide bonds. The summed E-state index contributed by atoms with van der Waals surface area (Å²) in [7, 11) is 1.85. The van der Waals surface area contributed by atoms with E-state index < -0.39 is 0 Å². The Morgan fingerprint density at radius 2 is 1.93 bits per heavy atom. The number of aliphatic imine (C=N–C) groups is 1. The van der Waals surface area contributed by atoms with E-state index in [2.05, 4.69) is 75.7 Å². The number of anilines is 1.